The van der Waals surface area contributed by atoms with Crippen molar-refractivity contribution < 1.29 is 18.0 Å². The molecule has 2 aromatic carbocycles. The first-order valence-corrected chi connectivity index (χ1v) is 10.7. The Morgan fingerprint density at radius 2 is 1.62 bits per heavy atom. The van der Waals surface area contributed by atoms with E-state index >= 15 is 0 Å². The van der Waals surface area contributed by atoms with Gasteiger partial charge < -0.3 is 5.32 Å². The molecule has 0 atom stereocenters. The van der Waals surface area contributed by atoms with Crippen molar-refractivity contribution in [3.05, 3.63) is 94.1 Å². The molecule has 0 bridgehead atoms. The Labute approximate surface area is 195 Å². The fraction of sp³-hybridized carbons (Fsp3) is 0.240. The summed E-state index contributed by atoms with van der Waals surface area (Å²) in [6, 6.07) is 14.7. The fourth-order valence-corrected chi connectivity index (χ4v) is 4.02. The van der Waals surface area contributed by atoms with E-state index in [0.717, 1.165) is 17.8 Å². The molecule has 0 radical (unpaired) electrons. The van der Waals surface area contributed by atoms with E-state index in [4.69, 9.17) is 0 Å². The van der Waals surface area contributed by atoms with Crippen LogP contribution in [0.4, 0.5) is 18.9 Å². The maximum Gasteiger partial charge on any atom is 0.416 e. The predicted octanol–water partition coefficient (Wildman–Crippen LogP) is 5.62. The van der Waals surface area contributed by atoms with Gasteiger partial charge >= 0.3 is 6.18 Å². The monoisotopic (exact) mass is 467 g/mol. The normalized spacial score (nSPS) is 11.6. The van der Waals surface area contributed by atoms with E-state index in [-0.39, 0.29) is 12.5 Å². The lowest BCUT2D eigenvalue weighted by Crippen LogP contribution is -2.15. The summed E-state index contributed by atoms with van der Waals surface area (Å²) in [7, 11) is 0. The zero-order chi connectivity index (χ0) is 24.6. The number of halogens is 3. The molecule has 9 heteroatoms. The molecule has 0 aliphatic carbocycles. The lowest BCUT2D eigenvalue weighted by atomic mass is 10.1. The average Bonchev–Trinajstić information content (AvgIpc) is 3.23. The van der Waals surface area contributed by atoms with Crippen LogP contribution in [0.15, 0.2) is 54.6 Å². The standard InChI is InChI=1S/C25H24F3N5O/c1-15-22(17(3)33(31-15)21-11-6-5-7-12-21)24(34)29-23-16(2)30-32(18(23)4)14-19-9-8-10-20(13-19)25(26,27)28/h5-13H,14H2,1-4H3,(H,29,34). The number of aryl methyl sites for hydroxylation is 2. The number of anilines is 1. The van der Waals surface area contributed by atoms with E-state index in [1.54, 1.807) is 36.2 Å². The number of para-hydroxylation sites is 1. The molecule has 0 spiro atoms. The number of nitrogens with one attached hydrogen (secondary N) is 1. The zero-order valence-electron chi connectivity index (χ0n) is 19.2. The van der Waals surface area contributed by atoms with Gasteiger partial charge in [0, 0.05) is 0 Å². The lowest BCUT2D eigenvalue weighted by Gasteiger charge is -2.10. The largest absolute Gasteiger partial charge is 0.416 e. The van der Waals surface area contributed by atoms with Crippen molar-refractivity contribution in [2.75, 3.05) is 5.32 Å². The van der Waals surface area contributed by atoms with Gasteiger partial charge in [-0.15, -0.1) is 0 Å². The number of alkyl halides is 3. The van der Waals surface area contributed by atoms with Crippen LogP contribution in [-0.4, -0.2) is 25.5 Å². The highest BCUT2D eigenvalue weighted by molar-refractivity contribution is 6.06. The highest BCUT2D eigenvalue weighted by Crippen LogP contribution is 2.30. The zero-order valence-corrected chi connectivity index (χ0v) is 19.2. The second-order valence-electron chi connectivity index (χ2n) is 8.15. The first-order valence-electron chi connectivity index (χ1n) is 10.7. The minimum Gasteiger partial charge on any atom is -0.319 e. The molecule has 0 unspecified atom stereocenters. The summed E-state index contributed by atoms with van der Waals surface area (Å²) in [6.45, 7) is 7.28. The van der Waals surface area contributed by atoms with Crippen LogP contribution in [0.5, 0.6) is 0 Å². The molecule has 0 saturated heterocycles. The molecule has 4 aromatic rings. The Bertz CT molecular complexity index is 1350. The second-order valence-corrected chi connectivity index (χ2v) is 8.15. The molecule has 0 aliphatic heterocycles. The quantitative estimate of drug-likeness (QED) is 0.414. The maximum atomic E-state index is 13.2. The van der Waals surface area contributed by atoms with Crippen LogP contribution in [0, 0.1) is 27.7 Å². The van der Waals surface area contributed by atoms with E-state index in [9.17, 15) is 18.0 Å². The van der Waals surface area contributed by atoms with Crippen molar-refractivity contribution in [1.82, 2.24) is 19.6 Å². The number of amides is 1. The van der Waals surface area contributed by atoms with E-state index < -0.39 is 11.7 Å². The summed E-state index contributed by atoms with van der Waals surface area (Å²) in [5.74, 6) is -0.318. The number of aromatic nitrogens is 4. The number of nitrogens with zero attached hydrogens (tertiary/aromatic N) is 4. The maximum absolute atomic E-state index is 13.2. The third kappa shape index (κ3) is 4.46. The van der Waals surface area contributed by atoms with Crippen molar-refractivity contribution in [2.24, 2.45) is 0 Å². The van der Waals surface area contributed by atoms with Gasteiger partial charge in [0.1, 0.15) is 0 Å². The van der Waals surface area contributed by atoms with Gasteiger partial charge in [0.05, 0.1) is 51.8 Å². The Morgan fingerprint density at radius 1 is 0.912 bits per heavy atom. The molecule has 34 heavy (non-hydrogen) atoms. The lowest BCUT2D eigenvalue weighted by molar-refractivity contribution is -0.137. The first-order chi connectivity index (χ1) is 16.1. The van der Waals surface area contributed by atoms with Gasteiger partial charge in [0.2, 0.25) is 0 Å². The molecule has 1 N–H and O–H groups in total. The van der Waals surface area contributed by atoms with Crippen LogP contribution in [0.3, 0.4) is 0 Å². The number of hydrogen-bond acceptors (Lipinski definition) is 3. The Hall–Kier alpha value is -3.88. The van der Waals surface area contributed by atoms with Gasteiger partial charge in [-0.2, -0.15) is 23.4 Å². The van der Waals surface area contributed by atoms with E-state index in [1.807, 2.05) is 37.3 Å². The summed E-state index contributed by atoms with van der Waals surface area (Å²) < 4.78 is 42.5. The number of carbonyl (C=O) groups excluding carboxylic acids is 1. The third-order valence-electron chi connectivity index (χ3n) is 5.73. The van der Waals surface area contributed by atoms with Crippen molar-refractivity contribution in [2.45, 2.75) is 40.4 Å². The fourth-order valence-electron chi connectivity index (χ4n) is 4.02. The van der Waals surface area contributed by atoms with Crippen LogP contribution in [0.1, 0.15) is 44.3 Å². The van der Waals surface area contributed by atoms with Crippen LogP contribution in [0.2, 0.25) is 0 Å². The molecule has 0 aliphatic rings. The Kier molecular flexibility index (Phi) is 6.03. The highest BCUT2D eigenvalue weighted by Gasteiger charge is 2.30. The Balaban J connectivity index is 1.60. The predicted molar refractivity (Wildman–Crippen MR) is 123 cm³/mol. The molecule has 6 nitrogen and oxygen atoms in total. The van der Waals surface area contributed by atoms with E-state index in [2.05, 4.69) is 15.5 Å². The third-order valence-corrected chi connectivity index (χ3v) is 5.73. The highest BCUT2D eigenvalue weighted by atomic mass is 19.4. The van der Waals surface area contributed by atoms with Crippen molar-refractivity contribution >= 4 is 11.6 Å². The Morgan fingerprint density at radius 3 is 2.29 bits per heavy atom. The van der Waals surface area contributed by atoms with Gasteiger partial charge in [0.25, 0.3) is 5.91 Å². The van der Waals surface area contributed by atoms with Gasteiger partial charge in [0.15, 0.2) is 0 Å². The van der Waals surface area contributed by atoms with Crippen molar-refractivity contribution in [1.29, 1.82) is 0 Å². The summed E-state index contributed by atoms with van der Waals surface area (Å²) in [6.07, 6.45) is -4.41. The summed E-state index contributed by atoms with van der Waals surface area (Å²) in [4.78, 5) is 13.2. The second kappa shape index (κ2) is 8.81. The molecule has 2 heterocycles. The molecule has 4 rings (SSSR count). The van der Waals surface area contributed by atoms with Gasteiger partial charge in [-0.05, 0) is 57.5 Å². The SMILES string of the molecule is Cc1nn(Cc2cccc(C(F)(F)F)c2)c(C)c1NC(=O)c1c(C)nn(-c2ccccc2)c1C. The number of carbonyl (C=O) groups is 1. The number of hydrogen-bond donors (Lipinski definition) is 1. The molecule has 0 fully saturated rings. The smallest absolute Gasteiger partial charge is 0.319 e. The first kappa shape index (κ1) is 23.3. The minimum absolute atomic E-state index is 0.149. The minimum atomic E-state index is -4.41. The van der Waals surface area contributed by atoms with E-state index in [1.165, 1.54) is 6.07 Å². The molecule has 1 amide bonds. The van der Waals surface area contributed by atoms with Gasteiger partial charge in [-0.3, -0.25) is 9.48 Å². The molecule has 176 valence electrons. The molecular formula is C25H24F3N5O. The average molecular weight is 467 g/mol. The van der Waals surface area contributed by atoms with Crippen LogP contribution in [-0.2, 0) is 12.7 Å². The molecule has 2 aromatic heterocycles. The van der Waals surface area contributed by atoms with Crippen LogP contribution in [0.25, 0.3) is 5.69 Å². The van der Waals surface area contributed by atoms with E-state index in [0.29, 0.717) is 39.6 Å². The topological polar surface area (TPSA) is 64.7 Å². The summed E-state index contributed by atoms with van der Waals surface area (Å²) in [5.41, 5.74) is 4.12. The summed E-state index contributed by atoms with van der Waals surface area (Å²) >= 11 is 0. The van der Waals surface area contributed by atoms with Crippen LogP contribution >= 0.6 is 0 Å². The summed E-state index contributed by atoms with van der Waals surface area (Å²) in [5, 5.41) is 11.9. The molecule has 0 saturated carbocycles. The van der Waals surface area contributed by atoms with Gasteiger partial charge in [-0.1, -0.05) is 30.3 Å². The number of benzene rings is 2. The van der Waals surface area contributed by atoms with Crippen molar-refractivity contribution in [3.63, 3.8) is 0 Å². The van der Waals surface area contributed by atoms with Gasteiger partial charge in [-0.25, -0.2) is 4.68 Å². The number of rotatable bonds is 5. The van der Waals surface area contributed by atoms with Crippen molar-refractivity contribution in [3.8, 4) is 5.69 Å². The van der Waals surface area contributed by atoms with Crippen LogP contribution < -0.4 is 5.32 Å². The molecular weight excluding hydrogens is 443 g/mol.